The van der Waals surface area contributed by atoms with E-state index in [9.17, 15) is 13.2 Å². The van der Waals surface area contributed by atoms with Crippen molar-refractivity contribution in [3.8, 4) is 0 Å². The summed E-state index contributed by atoms with van der Waals surface area (Å²) in [6.45, 7) is 2.05. The maximum absolute atomic E-state index is 12.5. The second-order valence-electron chi connectivity index (χ2n) is 5.32. The van der Waals surface area contributed by atoms with Gasteiger partial charge in [0, 0.05) is 24.5 Å². The van der Waals surface area contributed by atoms with Crippen molar-refractivity contribution < 1.29 is 13.2 Å². The van der Waals surface area contributed by atoms with Gasteiger partial charge >= 0.3 is 0 Å². The summed E-state index contributed by atoms with van der Waals surface area (Å²) in [4.78, 5) is 12.3. The number of rotatable bonds is 7. The molecular formula is C14H23N3O3S2. The van der Waals surface area contributed by atoms with Gasteiger partial charge in [0.1, 0.15) is 4.21 Å². The molecule has 2 heterocycles. The topological polar surface area (TPSA) is 78.5 Å². The van der Waals surface area contributed by atoms with Crippen LogP contribution in [0.25, 0.3) is 0 Å². The summed E-state index contributed by atoms with van der Waals surface area (Å²) in [5.41, 5.74) is 0. The van der Waals surface area contributed by atoms with Crippen LogP contribution in [0.2, 0.25) is 0 Å². The number of hydrogen-bond acceptors (Lipinski definition) is 5. The first-order chi connectivity index (χ1) is 10.5. The maximum atomic E-state index is 12.5. The number of nitrogens with one attached hydrogen (secondary N) is 2. The molecule has 0 saturated carbocycles. The molecule has 6 nitrogen and oxygen atoms in total. The van der Waals surface area contributed by atoms with Crippen LogP contribution >= 0.6 is 11.3 Å². The lowest BCUT2D eigenvalue weighted by molar-refractivity contribution is -0.120. The molecule has 0 aliphatic carbocycles. The molecule has 2 rings (SSSR count). The van der Waals surface area contributed by atoms with Crippen molar-refractivity contribution in [3.05, 3.63) is 17.0 Å². The first kappa shape index (κ1) is 17.4. The van der Waals surface area contributed by atoms with Crippen molar-refractivity contribution in [3.63, 3.8) is 0 Å². The number of carbonyl (C=O) groups is 1. The first-order valence-corrected chi connectivity index (χ1v) is 9.80. The highest BCUT2D eigenvalue weighted by Crippen LogP contribution is 2.27. The molecule has 124 valence electrons. The van der Waals surface area contributed by atoms with Crippen LogP contribution in [0.4, 0.5) is 0 Å². The molecule has 1 amide bonds. The van der Waals surface area contributed by atoms with Crippen molar-refractivity contribution in [2.45, 2.75) is 29.9 Å². The summed E-state index contributed by atoms with van der Waals surface area (Å²) in [5, 5.41) is 5.57. The second-order valence-corrected chi connectivity index (χ2v) is 8.65. The Morgan fingerprint density at radius 3 is 2.68 bits per heavy atom. The minimum atomic E-state index is -3.34. The summed E-state index contributed by atoms with van der Waals surface area (Å²) in [6.07, 6.45) is 3.63. The summed E-state index contributed by atoms with van der Waals surface area (Å²) in [7, 11) is -1.62. The monoisotopic (exact) mass is 345 g/mol. The van der Waals surface area contributed by atoms with Gasteiger partial charge in [-0.3, -0.25) is 4.79 Å². The molecular weight excluding hydrogens is 322 g/mol. The zero-order chi connectivity index (χ0) is 16.0. The molecule has 0 spiro atoms. The highest BCUT2D eigenvalue weighted by atomic mass is 32.2. The highest BCUT2D eigenvalue weighted by Gasteiger charge is 2.27. The van der Waals surface area contributed by atoms with Gasteiger partial charge < -0.3 is 10.6 Å². The fraction of sp³-hybridized carbons (Fsp3) is 0.643. The molecule has 22 heavy (non-hydrogen) atoms. The lowest BCUT2D eigenvalue weighted by atomic mass is 10.2. The molecule has 8 heteroatoms. The summed E-state index contributed by atoms with van der Waals surface area (Å²) < 4.78 is 27.0. The minimum absolute atomic E-state index is 0.0554. The van der Waals surface area contributed by atoms with E-state index in [1.165, 1.54) is 11.3 Å². The van der Waals surface area contributed by atoms with E-state index in [0.29, 0.717) is 36.8 Å². The van der Waals surface area contributed by atoms with Gasteiger partial charge in [-0.1, -0.05) is 6.42 Å². The van der Waals surface area contributed by atoms with Crippen molar-refractivity contribution in [1.29, 1.82) is 0 Å². The van der Waals surface area contributed by atoms with Gasteiger partial charge in [-0.25, -0.2) is 8.42 Å². The van der Waals surface area contributed by atoms with Gasteiger partial charge in [0.15, 0.2) is 0 Å². The molecule has 0 atom stereocenters. The van der Waals surface area contributed by atoms with E-state index in [2.05, 4.69) is 10.6 Å². The zero-order valence-electron chi connectivity index (χ0n) is 12.8. The Hall–Kier alpha value is -0.960. The van der Waals surface area contributed by atoms with Crippen molar-refractivity contribution in [1.82, 2.24) is 14.9 Å². The summed E-state index contributed by atoms with van der Waals surface area (Å²) >= 11 is 1.30. The Balaban J connectivity index is 1.91. The third kappa shape index (κ3) is 4.52. The normalized spacial score (nSPS) is 16.6. The first-order valence-electron chi connectivity index (χ1n) is 7.54. The predicted octanol–water partition coefficient (Wildman–Crippen LogP) is 0.801. The van der Waals surface area contributed by atoms with Gasteiger partial charge in [-0.05, 0) is 38.4 Å². The van der Waals surface area contributed by atoms with Crippen LogP contribution in [0.5, 0.6) is 0 Å². The molecule has 0 bridgehead atoms. The van der Waals surface area contributed by atoms with Crippen LogP contribution < -0.4 is 10.6 Å². The van der Waals surface area contributed by atoms with E-state index in [-0.39, 0.29) is 5.91 Å². The third-order valence-corrected chi connectivity index (χ3v) is 7.09. The average Bonchev–Trinajstić information content (AvgIpc) is 2.98. The summed E-state index contributed by atoms with van der Waals surface area (Å²) in [5.74, 6) is -0.0554. The van der Waals surface area contributed by atoms with E-state index < -0.39 is 10.0 Å². The van der Waals surface area contributed by atoms with Crippen molar-refractivity contribution in [2.24, 2.45) is 0 Å². The Bertz CT molecular complexity index is 592. The largest absolute Gasteiger partial charge is 0.355 e. The highest BCUT2D eigenvalue weighted by molar-refractivity contribution is 7.91. The fourth-order valence-electron chi connectivity index (χ4n) is 2.41. The number of carbonyl (C=O) groups excluding carboxylic acids is 1. The van der Waals surface area contributed by atoms with E-state index in [0.717, 1.165) is 24.1 Å². The second kappa shape index (κ2) is 8.05. The quantitative estimate of drug-likeness (QED) is 0.766. The Morgan fingerprint density at radius 1 is 1.27 bits per heavy atom. The molecule has 2 N–H and O–H groups in total. The van der Waals surface area contributed by atoms with Crippen LogP contribution in [0.15, 0.2) is 16.3 Å². The van der Waals surface area contributed by atoms with Crippen molar-refractivity contribution >= 4 is 27.3 Å². The lowest BCUT2D eigenvalue weighted by Gasteiger charge is -2.25. The SMILES string of the molecule is CNCC(=O)NCCc1ccc(S(=O)(=O)N2CCCCC2)s1. The lowest BCUT2D eigenvalue weighted by Crippen LogP contribution is -2.35. The molecule has 1 aliphatic heterocycles. The van der Waals surface area contributed by atoms with E-state index in [4.69, 9.17) is 0 Å². The summed E-state index contributed by atoms with van der Waals surface area (Å²) in [6, 6.07) is 3.52. The van der Waals surface area contributed by atoms with Gasteiger partial charge in [0.25, 0.3) is 10.0 Å². The Kier molecular flexibility index (Phi) is 6.37. The Morgan fingerprint density at radius 2 is 2.00 bits per heavy atom. The van der Waals surface area contributed by atoms with Gasteiger partial charge in [-0.15, -0.1) is 11.3 Å². The third-order valence-electron chi connectivity index (χ3n) is 3.58. The molecule has 1 aromatic heterocycles. The number of piperidine rings is 1. The van der Waals surface area contributed by atoms with Crippen molar-refractivity contribution in [2.75, 3.05) is 33.2 Å². The zero-order valence-corrected chi connectivity index (χ0v) is 14.4. The van der Waals surface area contributed by atoms with Gasteiger partial charge in [-0.2, -0.15) is 4.31 Å². The number of sulfonamides is 1. The standard InChI is InChI=1S/C14H23N3O3S2/c1-15-11-13(18)16-8-7-12-5-6-14(21-12)22(19,20)17-9-3-2-4-10-17/h5-6,15H,2-4,7-11H2,1H3,(H,16,18). The van der Waals surface area contributed by atoms with E-state index >= 15 is 0 Å². The molecule has 1 aromatic rings. The number of amides is 1. The Labute approximate surface area is 135 Å². The smallest absolute Gasteiger partial charge is 0.252 e. The maximum Gasteiger partial charge on any atom is 0.252 e. The number of nitrogens with zero attached hydrogens (tertiary/aromatic N) is 1. The number of thiophene rings is 1. The molecule has 0 unspecified atom stereocenters. The van der Waals surface area contributed by atoms with E-state index in [1.807, 2.05) is 6.07 Å². The molecule has 1 saturated heterocycles. The van der Waals surface area contributed by atoms with Crippen LogP contribution in [0.3, 0.4) is 0 Å². The van der Waals surface area contributed by atoms with Crippen LogP contribution in [0, 0.1) is 0 Å². The molecule has 0 aromatic carbocycles. The molecule has 0 radical (unpaired) electrons. The predicted molar refractivity (Wildman–Crippen MR) is 87.6 cm³/mol. The van der Waals surface area contributed by atoms with Crippen LogP contribution in [0.1, 0.15) is 24.1 Å². The molecule has 1 fully saturated rings. The number of likely N-dealkylation sites (N-methyl/N-ethyl adjacent to an activating group) is 1. The van der Waals surface area contributed by atoms with Gasteiger partial charge in [0.2, 0.25) is 5.91 Å². The van der Waals surface area contributed by atoms with Crippen LogP contribution in [-0.2, 0) is 21.2 Å². The van der Waals surface area contributed by atoms with Crippen LogP contribution in [-0.4, -0.2) is 51.9 Å². The number of hydrogen-bond donors (Lipinski definition) is 2. The average molecular weight is 345 g/mol. The van der Waals surface area contributed by atoms with Gasteiger partial charge in [0.05, 0.1) is 6.54 Å². The minimum Gasteiger partial charge on any atom is -0.355 e. The molecule has 1 aliphatic rings. The van der Waals surface area contributed by atoms with E-state index in [1.54, 1.807) is 17.4 Å². The fourth-order valence-corrected chi connectivity index (χ4v) is 5.44.